The van der Waals surface area contributed by atoms with E-state index in [4.69, 9.17) is 0 Å². The number of amides is 1. The van der Waals surface area contributed by atoms with E-state index in [1.807, 2.05) is 6.07 Å². The Morgan fingerprint density at radius 2 is 2.06 bits per heavy atom. The van der Waals surface area contributed by atoms with Gasteiger partial charge in [-0.1, -0.05) is 29.8 Å². The second-order valence-corrected chi connectivity index (χ2v) is 5.41. The third-order valence-electron chi connectivity index (χ3n) is 2.95. The van der Waals surface area contributed by atoms with Crippen molar-refractivity contribution in [1.82, 2.24) is 10.3 Å². The Morgan fingerprint density at radius 1 is 1.41 bits per heavy atom. The molecule has 1 heterocycles. The molecule has 0 atom stereocenters. The van der Waals surface area contributed by atoms with Crippen LogP contribution >= 0.6 is 31.9 Å². The number of hydrogen-bond donors (Lipinski definition) is 1. The lowest BCUT2D eigenvalue weighted by Gasteiger charge is -2.30. The lowest BCUT2D eigenvalue weighted by atomic mass is 9.95. The maximum atomic E-state index is 12.0. The van der Waals surface area contributed by atoms with Crippen molar-refractivity contribution < 1.29 is 4.79 Å². The van der Waals surface area contributed by atoms with Crippen molar-refractivity contribution in [2.45, 2.75) is 32.2 Å². The van der Waals surface area contributed by atoms with Crippen LogP contribution in [0.4, 0.5) is 0 Å². The molecule has 17 heavy (non-hydrogen) atoms. The summed E-state index contributed by atoms with van der Waals surface area (Å²) in [5, 5.41) is 3.80. The van der Waals surface area contributed by atoms with E-state index in [-0.39, 0.29) is 11.4 Å². The topological polar surface area (TPSA) is 42.0 Å². The van der Waals surface area contributed by atoms with Gasteiger partial charge in [-0.05, 0) is 40.9 Å². The molecule has 0 saturated heterocycles. The van der Waals surface area contributed by atoms with Gasteiger partial charge in [0.1, 0.15) is 5.69 Å². The van der Waals surface area contributed by atoms with Gasteiger partial charge in [-0.3, -0.25) is 4.79 Å². The molecule has 1 aromatic rings. The van der Waals surface area contributed by atoms with Gasteiger partial charge in [0.15, 0.2) is 0 Å². The molecule has 1 aromatic heterocycles. The molecule has 0 aliphatic carbocycles. The third-order valence-corrected chi connectivity index (χ3v) is 4.49. The van der Waals surface area contributed by atoms with Crippen LogP contribution < -0.4 is 5.32 Å². The second kappa shape index (κ2) is 6.50. The van der Waals surface area contributed by atoms with Gasteiger partial charge in [0.25, 0.3) is 5.91 Å². The minimum atomic E-state index is -0.189. The van der Waals surface area contributed by atoms with Gasteiger partial charge in [0.05, 0.1) is 0 Å². The number of carbonyl (C=O) groups excluding carboxylic acids is 1. The first kappa shape index (κ1) is 14.6. The molecule has 0 bridgehead atoms. The van der Waals surface area contributed by atoms with Crippen molar-refractivity contribution in [3.63, 3.8) is 0 Å². The Bertz CT molecular complexity index is 366. The fraction of sp³-hybridized carbons (Fsp3) is 0.500. The third kappa shape index (κ3) is 3.78. The van der Waals surface area contributed by atoms with E-state index in [1.54, 1.807) is 12.3 Å². The van der Waals surface area contributed by atoms with Crippen molar-refractivity contribution in [3.05, 3.63) is 28.5 Å². The standard InChI is InChI=1S/C12H16Br2N2O/c1-3-12(4-2,8-13)16-11(17)10-6-5-9(14)7-15-10/h5-7H,3-4,8H2,1-2H3,(H,16,17). The Labute approximate surface area is 119 Å². The summed E-state index contributed by atoms with van der Waals surface area (Å²) in [4.78, 5) is 16.1. The molecule has 0 fully saturated rings. The molecule has 0 aliphatic heterocycles. The van der Waals surface area contributed by atoms with E-state index < -0.39 is 0 Å². The fourth-order valence-electron chi connectivity index (χ4n) is 1.46. The molecule has 0 unspecified atom stereocenters. The highest BCUT2D eigenvalue weighted by Crippen LogP contribution is 2.18. The second-order valence-electron chi connectivity index (χ2n) is 3.94. The number of carbonyl (C=O) groups is 1. The summed E-state index contributed by atoms with van der Waals surface area (Å²) in [7, 11) is 0. The molecule has 0 saturated carbocycles. The van der Waals surface area contributed by atoms with Gasteiger partial charge < -0.3 is 5.32 Å². The molecular weight excluding hydrogens is 348 g/mol. The van der Waals surface area contributed by atoms with E-state index in [2.05, 4.69) is 56.0 Å². The minimum Gasteiger partial charge on any atom is -0.344 e. The maximum Gasteiger partial charge on any atom is 0.270 e. The quantitative estimate of drug-likeness (QED) is 0.813. The molecule has 0 aliphatic rings. The average molecular weight is 364 g/mol. The van der Waals surface area contributed by atoms with Crippen LogP contribution in [0, 0.1) is 0 Å². The molecule has 1 rings (SSSR count). The first-order valence-corrected chi connectivity index (χ1v) is 7.48. The summed E-state index contributed by atoms with van der Waals surface area (Å²) < 4.78 is 0.867. The highest BCUT2D eigenvalue weighted by Gasteiger charge is 2.27. The normalized spacial score (nSPS) is 11.3. The maximum absolute atomic E-state index is 12.0. The van der Waals surface area contributed by atoms with Crippen LogP contribution in [-0.2, 0) is 0 Å². The van der Waals surface area contributed by atoms with E-state index in [0.29, 0.717) is 5.69 Å². The van der Waals surface area contributed by atoms with E-state index >= 15 is 0 Å². The van der Waals surface area contributed by atoms with Crippen LogP contribution in [0.1, 0.15) is 37.2 Å². The zero-order chi connectivity index (χ0) is 12.9. The van der Waals surface area contributed by atoms with Crippen molar-refractivity contribution in [2.24, 2.45) is 0 Å². The summed E-state index contributed by atoms with van der Waals surface area (Å²) in [6.45, 7) is 4.14. The molecule has 5 heteroatoms. The van der Waals surface area contributed by atoms with E-state index in [0.717, 1.165) is 22.6 Å². The van der Waals surface area contributed by atoms with Gasteiger partial charge in [-0.25, -0.2) is 4.98 Å². The number of hydrogen-bond acceptors (Lipinski definition) is 2. The first-order chi connectivity index (χ1) is 8.06. The summed E-state index contributed by atoms with van der Waals surface area (Å²) in [5.74, 6) is -0.124. The number of pyridine rings is 1. The van der Waals surface area contributed by atoms with Crippen LogP contribution in [0.15, 0.2) is 22.8 Å². The first-order valence-electron chi connectivity index (χ1n) is 5.57. The fourth-order valence-corrected chi connectivity index (χ4v) is 2.63. The van der Waals surface area contributed by atoms with Crippen LogP contribution in [-0.4, -0.2) is 21.8 Å². The number of nitrogens with zero attached hydrogens (tertiary/aromatic N) is 1. The molecule has 0 aromatic carbocycles. The predicted octanol–water partition coefficient (Wildman–Crippen LogP) is 3.53. The zero-order valence-electron chi connectivity index (χ0n) is 9.96. The lowest BCUT2D eigenvalue weighted by molar-refractivity contribution is 0.0898. The van der Waals surface area contributed by atoms with Crippen molar-refractivity contribution in [1.29, 1.82) is 0 Å². The van der Waals surface area contributed by atoms with Gasteiger partial charge in [0, 0.05) is 21.5 Å². The van der Waals surface area contributed by atoms with Crippen LogP contribution in [0.5, 0.6) is 0 Å². The van der Waals surface area contributed by atoms with Crippen LogP contribution in [0.3, 0.4) is 0 Å². The van der Waals surface area contributed by atoms with E-state index in [1.165, 1.54) is 0 Å². The Morgan fingerprint density at radius 3 is 2.47 bits per heavy atom. The molecule has 94 valence electrons. The minimum absolute atomic E-state index is 0.124. The van der Waals surface area contributed by atoms with Crippen molar-refractivity contribution >= 4 is 37.8 Å². The SMILES string of the molecule is CCC(CC)(CBr)NC(=O)c1ccc(Br)cn1. The van der Waals surface area contributed by atoms with Crippen molar-refractivity contribution in [2.75, 3.05) is 5.33 Å². The Hall–Kier alpha value is -0.420. The summed E-state index contributed by atoms with van der Waals surface area (Å²) >= 11 is 6.76. The molecular formula is C12H16Br2N2O. The number of aromatic nitrogens is 1. The predicted molar refractivity (Wildman–Crippen MR) is 76.5 cm³/mol. The molecule has 1 amide bonds. The van der Waals surface area contributed by atoms with Gasteiger partial charge in [-0.15, -0.1) is 0 Å². The number of nitrogens with one attached hydrogen (secondary N) is 1. The van der Waals surface area contributed by atoms with Crippen LogP contribution in [0.25, 0.3) is 0 Å². The van der Waals surface area contributed by atoms with E-state index in [9.17, 15) is 4.79 Å². The van der Waals surface area contributed by atoms with Gasteiger partial charge >= 0.3 is 0 Å². The molecule has 0 radical (unpaired) electrons. The lowest BCUT2D eigenvalue weighted by Crippen LogP contribution is -2.49. The monoisotopic (exact) mass is 362 g/mol. The molecule has 0 spiro atoms. The highest BCUT2D eigenvalue weighted by molar-refractivity contribution is 9.10. The van der Waals surface area contributed by atoms with Gasteiger partial charge in [0.2, 0.25) is 0 Å². The highest BCUT2D eigenvalue weighted by atomic mass is 79.9. The Kier molecular flexibility index (Phi) is 5.59. The summed E-state index contributed by atoms with van der Waals surface area (Å²) in [5.41, 5.74) is 0.256. The summed E-state index contributed by atoms with van der Waals surface area (Å²) in [6.07, 6.45) is 3.40. The number of alkyl halides is 1. The van der Waals surface area contributed by atoms with Gasteiger partial charge in [-0.2, -0.15) is 0 Å². The zero-order valence-corrected chi connectivity index (χ0v) is 13.1. The van der Waals surface area contributed by atoms with Crippen molar-refractivity contribution in [3.8, 4) is 0 Å². The number of halogens is 2. The molecule has 1 N–H and O–H groups in total. The largest absolute Gasteiger partial charge is 0.344 e. The summed E-state index contributed by atoms with van der Waals surface area (Å²) in [6, 6.07) is 3.53. The number of rotatable bonds is 5. The smallest absolute Gasteiger partial charge is 0.270 e. The Balaban J connectivity index is 2.81. The average Bonchev–Trinajstić information content (AvgIpc) is 2.37. The van der Waals surface area contributed by atoms with Crippen LogP contribution in [0.2, 0.25) is 0 Å². The molecule has 3 nitrogen and oxygen atoms in total.